The van der Waals surface area contributed by atoms with E-state index in [4.69, 9.17) is 34.8 Å². The Morgan fingerprint density at radius 2 is 2.00 bits per heavy atom. The first-order chi connectivity index (χ1) is 11.6. The van der Waals surface area contributed by atoms with E-state index in [0.29, 0.717) is 6.07 Å². The predicted molar refractivity (Wildman–Crippen MR) is 88.9 cm³/mol. The third kappa shape index (κ3) is 3.68. The van der Waals surface area contributed by atoms with E-state index in [1.807, 2.05) is 0 Å². The van der Waals surface area contributed by atoms with Crippen molar-refractivity contribution in [2.75, 3.05) is 11.9 Å². The fourth-order valence-corrected chi connectivity index (χ4v) is 2.83. The molecule has 0 bridgehead atoms. The number of anilines is 1. The van der Waals surface area contributed by atoms with Crippen LogP contribution in [0.5, 0.6) is 0 Å². The van der Waals surface area contributed by atoms with Crippen molar-refractivity contribution in [2.45, 2.75) is 6.18 Å². The Balaban J connectivity index is 2.73. The quantitative estimate of drug-likeness (QED) is 0.309. The second-order valence-corrected chi connectivity index (χ2v) is 5.76. The van der Waals surface area contributed by atoms with Gasteiger partial charge in [0.05, 0.1) is 25.6 Å². The van der Waals surface area contributed by atoms with Gasteiger partial charge in [0, 0.05) is 6.54 Å². The first kappa shape index (κ1) is 19.4. The zero-order valence-corrected chi connectivity index (χ0v) is 14.3. The third-order valence-corrected chi connectivity index (χ3v) is 4.16. The number of nitrogens with one attached hydrogen (secondary N) is 1. The summed E-state index contributed by atoms with van der Waals surface area (Å²) in [5.41, 5.74) is -1.87. The van der Waals surface area contributed by atoms with Crippen LogP contribution >= 0.6 is 34.8 Å². The molecule has 25 heavy (non-hydrogen) atoms. The Bertz CT molecular complexity index is 852. The molecule has 1 heterocycles. The zero-order chi connectivity index (χ0) is 18.9. The Morgan fingerprint density at radius 1 is 1.36 bits per heavy atom. The molecule has 0 atom stereocenters. The topological polar surface area (TPSA) is 73.0 Å². The molecule has 134 valence electrons. The molecule has 6 nitrogen and oxygen atoms in total. The number of aromatic nitrogens is 2. The number of alkyl halides is 3. The summed E-state index contributed by atoms with van der Waals surface area (Å²) in [6.07, 6.45) is -2.45. The van der Waals surface area contributed by atoms with Gasteiger partial charge in [0.2, 0.25) is 5.82 Å². The zero-order valence-electron chi connectivity index (χ0n) is 12.1. The number of halogens is 6. The second kappa shape index (κ2) is 7.11. The van der Waals surface area contributed by atoms with Crippen LogP contribution in [0.2, 0.25) is 15.1 Å². The summed E-state index contributed by atoms with van der Waals surface area (Å²) in [6.45, 7) is 3.59. The van der Waals surface area contributed by atoms with Crippen LogP contribution in [-0.2, 0) is 6.18 Å². The van der Waals surface area contributed by atoms with Gasteiger partial charge >= 0.3 is 11.9 Å². The van der Waals surface area contributed by atoms with Crippen molar-refractivity contribution < 1.29 is 18.1 Å². The molecule has 2 rings (SSSR count). The van der Waals surface area contributed by atoms with Gasteiger partial charge in [-0.25, -0.2) is 4.68 Å². The molecular formula is C13H8Cl3F3N4O2. The summed E-state index contributed by atoms with van der Waals surface area (Å²) in [4.78, 5) is 10.4. The van der Waals surface area contributed by atoms with Crippen molar-refractivity contribution in [3.8, 4) is 5.69 Å². The van der Waals surface area contributed by atoms with Crippen molar-refractivity contribution in [2.24, 2.45) is 0 Å². The lowest BCUT2D eigenvalue weighted by Gasteiger charge is -2.16. The van der Waals surface area contributed by atoms with Crippen LogP contribution < -0.4 is 5.32 Å². The molecule has 0 unspecified atom stereocenters. The summed E-state index contributed by atoms with van der Waals surface area (Å²) in [5.74, 6) is -0.135. The highest BCUT2D eigenvalue weighted by Crippen LogP contribution is 2.45. The average molecular weight is 416 g/mol. The second-order valence-electron chi connectivity index (χ2n) is 4.60. The summed E-state index contributed by atoms with van der Waals surface area (Å²) in [5, 5.41) is 15.8. The smallest absolute Gasteiger partial charge is 0.361 e. The standard InChI is InChI=1S/C13H8Cl3F3N4O2/c1-2-3-20-12-8(23(24)25)5-21-22(12)11-7(14)4-6(13(17,18)19)9(15)10(11)16/h2,4-5,20H,1,3H2. The largest absolute Gasteiger partial charge is 0.417 e. The third-order valence-electron chi connectivity index (χ3n) is 3.01. The molecular weight excluding hydrogens is 408 g/mol. The molecule has 1 aromatic carbocycles. The van der Waals surface area contributed by atoms with Gasteiger partial charge in [-0.2, -0.15) is 18.3 Å². The van der Waals surface area contributed by atoms with Gasteiger partial charge in [-0.05, 0) is 6.07 Å². The Kier molecular flexibility index (Phi) is 5.50. The summed E-state index contributed by atoms with van der Waals surface area (Å²) >= 11 is 17.6. The van der Waals surface area contributed by atoms with Crippen LogP contribution in [-0.4, -0.2) is 21.2 Å². The lowest BCUT2D eigenvalue weighted by molar-refractivity contribution is -0.384. The number of nitrogens with zero attached hydrogens (tertiary/aromatic N) is 3. The van der Waals surface area contributed by atoms with E-state index in [2.05, 4.69) is 17.0 Å². The number of hydrogen-bond acceptors (Lipinski definition) is 4. The van der Waals surface area contributed by atoms with Gasteiger partial charge in [0.25, 0.3) is 0 Å². The fourth-order valence-electron chi connectivity index (χ4n) is 1.96. The molecule has 0 radical (unpaired) electrons. The summed E-state index contributed by atoms with van der Waals surface area (Å²) < 4.78 is 39.8. The van der Waals surface area contributed by atoms with E-state index in [0.717, 1.165) is 10.9 Å². The highest BCUT2D eigenvalue weighted by molar-refractivity contribution is 6.45. The first-order valence-corrected chi connectivity index (χ1v) is 7.55. The minimum absolute atomic E-state index is 0.121. The number of benzene rings is 1. The van der Waals surface area contributed by atoms with Crippen molar-refractivity contribution in [3.05, 3.63) is 55.7 Å². The molecule has 0 fully saturated rings. The summed E-state index contributed by atoms with van der Waals surface area (Å²) in [6, 6.07) is 0.579. The highest BCUT2D eigenvalue weighted by atomic mass is 35.5. The van der Waals surface area contributed by atoms with E-state index in [1.165, 1.54) is 6.08 Å². The molecule has 0 saturated carbocycles. The minimum atomic E-state index is -4.77. The van der Waals surface area contributed by atoms with E-state index in [-0.39, 0.29) is 18.1 Å². The molecule has 2 aromatic rings. The summed E-state index contributed by atoms with van der Waals surface area (Å²) in [7, 11) is 0. The van der Waals surface area contributed by atoms with Crippen molar-refractivity contribution in [1.29, 1.82) is 0 Å². The predicted octanol–water partition coefficient (Wildman–Crippen LogP) is 5.36. The van der Waals surface area contributed by atoms with Gasteiger partial charge in [0.1, 0.15) is 11.9 Å². The fraction of sp³-hybridized carbons (Fsp3) is 0.154. The lowest BCUT2D eigenvalue weighted by atomic mass is 10.2. The van der Waals surface area contributed by atoms with Gasteiger partial charge in [-0.15, -0.1) is 6.58 Å². The Labute approximate surface area is 153 Å². The molecule has 1 aromatic heterocycles. The van der Waals surface area contributed by atoms with Crippen LogP contribution in [0, 0.1) is 10.1 Å². The van der Waals surface area contributed by atoms with Gasteiger partial charge < -0.3 is 5.32 Å². The molecule has 0 saturated heterocycles. The number of rotatable bonds is 5. The van der Waals surface area contributed by atoms with Crippen LogP contribution in [0.1, 0.15) is 5.56 Å². The van der Waals surface area contributed by atoms with E-state index in [9.17, 15) is 23.3 Å². The van der Waals surface area contributed by atoms with E-state index >= 15 is 0 Å². The van der Waals surface area contributed by atoms with Crippen LogP contribution in [0.4, 0.5) is 24.7 Å². The molecule has 1 N–H and O–H groups in total. The van der Waals surface area contributed by atoms with Crippen LogP contribution in [0.3, 0.4) is 0 Å². The van der Waals surface area contributed by atoms with Crippen LogP contribution in [0.15, 0.2) is 24.9 Å². The highest BCUT2D eigenvalue weighted by Gasteiger charge is 2.36. The maximum Gasteiger partial charge on any atom is 0.417 e. The van der Waals surface area contributed by atoms with Crippen molar-refractivity contribution >= 4 is 46.3 Å². The Hall–Kier alpha value is -1.97. The minimum Gasteiger partial charge on any atom is -0.361 e. The monoisotopic (exact) mass is 414 g/mol. The molecule has 0 aliphatic rings. The molecule has 0 spiro atoms. The van der Waals surface area contributed by atoms with Crippen molar-refractivity contribution in [1.82, 2.24) is 9.78 Å². The van der Waals surface area contributed by atoms with Gasteiger partial charge in [0.15, 0.2) is 0 Å². The van der Waals surface area contributed by atoms with Crippen LogP contribution in [0.25, 0.3) is 5.69 Å². The van der Waals surface area contributed by atoms with Gasteiger partial charge in [-0.3, -0.25) is 10.1 Å². The van der Waals surface area contributed by atoms with E-state index < -0.39 is 37.4 Å². The molecule has 0 aliphatic carbocycles. The molecule has 12 heteroatoms. The SMILES string of the molecule is C=CCNc1c([N+](=O)[O-])cnn1-c1c(Cl)cc(C(F)(F)F)c(Cl)c1Cl. The lowest BCUT2D eigenvalue weighted by Crippen LogP contribution is -2.11. The average Bonchev–Trinajstić information content (AvgIpc) is 2.91. The number of hydrogen-bond donors (Lipinski definition) is 1. The van der Waals surface area contributed by atoms with E-state index in [1.54, 1.807) is 0 Å². The molecule has 0 amide bonds. The normalized spacial score (nSPS) is 11.4. The van der Waals surface area contributed by atoms with Gasteiger partial charge in [-0.1, -0.05) is 40.9 Å². The maximum absolute atomic E-state index is 13.0. The molecule has 0 aliphatic heterocycles. The Morgan fingerprint density at radius 3 is 2.52 bits per heavy atom. The van der Waals surface area contributed by atoms with Crippen molar-refractivity contribution in [3.63, 3.8) is 0 Å². The maximum atomic E-state index is 13.0. The number of nitro groups is 1. The first-order valence-electron chi connectivity index (χ1n) is 6.41.